The number of rotatable bonds is 3. The van der Waals surface area contributed by atoms with Crippen molar-refractivity contribution in [3.05, 3.63) is 5.57 Å². The molecule has 2 aliphatic rings. The third-order valence-electron chi connectivity index (χ3n) is 3.21. The second-order valence-corrected chi connectivity index (χ2v) is 4.31. The van der Waals surface area contributed by atoms with E-state index in [-0.39, 0.29) is 0 Å². The van der Waals surface area contributed by atoms with E-state index < -0.39 is 0 Å². The zero-order valence-corrected chi connectivity index (χ0v) is 8.08. The SMILES string of the molecule is CC(=C=O)CCC1CCC2OC2C1. The van der Waals surface area contributed by atoms with E-state index in [1.165, 1.54) is 19.3 Å². The highest BCUT2D eigenvalue weighted by molar-refractivity contribution is 5.50. The summed E-state index contributed by atoms with van der Waals surface area (Å²) in [7, 11) is 0. The normalized spacial score (nSPS) is 36.2. The van der Waals surface area contributed by atoms with Gasteiger partial charge in [-0.2, -0.15) is 0 Å². The van der Waals surface area contributed by atoms with Crippen molar-refractivity contribution in [3.8, 4) is 0 Å². The minimum absolute atomic E-state index is 0.569. The Labute approximate surface area is 79.0 Å². The van der Waals surface area contributed by atoms with E-state index in [1.54, 1.807) is 0 Å². The summed E-state index contributed by atoms with van der Waals surface area (Å²) in [5.74, 6) is 2.75. The topological polar surface area (TPSA) is 29.6 Å². The smallest absolute Gasteiger partial charge is 0.123 e. The van der Waals surface area contributed by atoms with E-state index in [9.17, 15) is 4.79 Å². The number of ether oxygens (including phenoxy) is 1. The lowest BCUT2D eigenvalue weighted by Crippen LogP contribution is -2.13. The average Bonchev–Trinajstić information content (AvgIpc) is 2.91. The predicted octanol–water partition coefficient (Wildman–Crippen LogP) is 2.11. The van der Waals surface area contributed by atoms with Crippen LogP contribution in [-0.4, -0.2) is 18.1 Å². The molecule has 13 heavy (non-hydrogen) atoms. The summed E-state index contributed by atoms with van der Waals surface area (Å²) in [6.07, 6.45) is 6.97. The molecule has 1 aliphatic heterocycles. The molecule has 0 aromatic carbocycles. The molecule has 2 heteroatoms. The fourth-order valence-electron chi connectivity index (χ4n) is 2.22. The van der Waals surface area contributed by atoms with E-state index in [4.69, 9.17) is 4.74 Å². The molecule has 72 valence electrons. The molecule has 1 saturated carbocycles. The molecule has 2 nitrogen and oxygen atoms in total. The highest BCUT2D eigenvalue weighted by Gasteiger charge is 2.43. The van der Waals surface area contributed by atoms with Gasteiger partial charge in [-0.3, -0.25) is 0 Å². The maximum atomic E-state index is 10.3. The minimum atomic E-state index is 0.569. The summed E-state index contributed by atoms with van der Waals surface area (Å²) in [5.41, 5.74) is 0.860. The van der Waals surface area contributed by atoms with Crippen molar-refractivity contribution in [2.45, 2.75) is 51.2 Å². The van der Waals surface area contributed by atoms with Gasteiger partial charge in [0.25, 0.3) is 0 Å². The summed E-state index contributed by atoms with van der Waals surface area (Å²) in [4.78, 5) is 10.3. The van der Waals surface area contributed by atoms with Crippen LogP contribution in [0.1, 0.15) is 39.0 Å². The number of carbonyl (C=O) groups excluding carboxylic acids is 1. The second-order valence-electron chi connectivity index (χ2n) is 4.31. The first-order valence-electron chi connectivity index (χ1n) is 5.15. The zero-order valence-electron chi connectivity index (χ0n) is 8.08. The second kappa shape index (κ2) is 3.65. The van der Waals surface area contributed by atoms with Crippen LogP contribution in [0.5, 0.6) is 0 Å². The van der Waals surface area contributed by atoms with Crippen molar-refractivity contribution in [1.29, 1.82) is 0 Å². The van der Waals surface area contributed by atoms with Crippen LogP contribution in [0.2, 0.25) is 0 Å². The van der Waals surface area contributed by atoms with Crippen molar-refractivity contribution < 1.29 is 9.53 Å². The van der Waals surface area contributed by atoms with E-state index in [0.29, 0.717) is 12.2 Å². The van der Waals surface area contributed by atoms with E-state index >= 15 is 0 Å². The largest absolute Gasteiger partial charge is 0.370 e. The lowest BCUT2D eigenvalue weighted by atomic mass is 9.85. The zero-order chi connectivity index (χ0) is 9.26. The molecule has 1 aliphatic carbocycles. The molecule has 0 N–H and O–H groups in total. The van der Waals surface area contributed by atoms with Gasteiger partial charge >= 0.3 is 0 Å². The summed E-state index contributed by atoms with van der Waals surface area (Å²) < 4.78 is 5.46. The first-order valence-corrected chi connectivity index (χ1v) is 5.15. The lowest BCUT2D eigenvalue weighted by molar-refractivity contribution is 0.351. The quantitative estimate of drug-likeness (QED) is 0.491. The van der Waals surface area contributed by atoms with Gasteiger partial charge in [0.15, 0.2) is 0 Å². The molecule has 0 aromatic heterocycles. The van der Waals surface area contributed by atoms with E-state index in [2.05, 4.69) is 0 Å². The Morgan fingerprint density at radius 1 is 1.46 bits per heavy atom. The van der Waals surface area contributed by atoms with Gasteiger partial charge in [0.1, 0.15) is 5.94 Å². The number of allylic oxidation sites excluding steroid dienone is 1. The monoisotopic (exact) mass is 180 g/mol. The Morgan fingerprint density at radius 3 is 3.00 bits per heavy atom. The summed E-state index contributed by atoms with van der Waals surface area (Å²) >= 11 is 0. The number of hydrogen-bond donors (Lipinski definition) is 0. The molecule has 0 spiro atoms. The van der Waals surface area contributed by atoms with Crippen LogP contribution in [0, 0.1) is 5.92 Å². The molecule has 3 atom stereocenters. The Kier molecular flexibility index (Phi) is 2.52. The highest BCUT2D eigenvalue weighted by atomic mass is 16.6. The van der Waals surface area contributed by atoms with Crippen molar-refractivity contribution in [2.75, 3.05) is 0 Å². The Morgan fingerprint density at radius 2 is 2.31 bits per heavy atom. The summed E-state index contributed by atoms with van der Waals surface area (Å²) in [5, 5.41) is 0. The van der Waals surface area contributed by atoms with Crippen LogP contribution in [0.25, 0.3) is 0 Å². The number of epoxide rings is 1. The van der Waals surface area contributed by atoms with Crippen molar-refractivity contribution >= 4 is 5.94 Å². The van der Waals surface area contributed by atoms with Crippen LogP contribution in [0.3, 0.4) is 0 Å². The molecule has 0 bridgehead atoms. The maximum Gasteiger partial charge on any atom is 0.123 e. The number of fused-ring (bicyclic) bond motifs is 1. The molecule has 1 saturated heterocycles. The van der Waals surface area contributed by atoms with Gasteiger partial charge < -0.3 is 4.74 Å². The van der Waals surface area contributed by atoms with Gasteiger partial charge in [-0.15, -0.1) is 0 Å². The Hall–Kier alpha value is -0.590. The van der Waals surface area contributed by atoms with Crippen LogP contribution in [0.4, 0.5) is 0 Å². The first-order chi connectivity index (χ1) is 6.29. The van der Waals surface area contributed by atoms with Gasteiger partial charge in [-0.25, -0.2) is 4.79 Å². The van der Waals surface area contributed by atoms with Crippen LogP contribution in [-0.2, 0) is 9.53 Å². The van der Waals surface area contributed by atoms with Crippen LogP contribution >= 0.6 is 0 Å². The Balaban J connectivity index is 1.72. The maximum absolute atomic E-state index is 10.3. The van der Waals surface area contributed by atoms with Gasteiger partial charge in [-0.05, 0) is 44.9 Å². The third-order valence-corrected chi connectivity index (χ3v) is 3.21. The van der Waals surface area contributed by atoms with Gasteiger partial charge in [0, 0.05) is 5.57 Å². The molecule has 1 heterocycles. The molecule has 2 rings (SSSR count). The molecule has 3 unspecified atom stereocenters. The average molecular weight is 180 g/mol. The van der Waals surface area contributed by atoms with Crippen LogP contribution < -0.4 is 0 Å². The van der Waals surface area contributed by atoms with E-state index in [0.717, 1.165) is 24.3 Å². The molecule has 0 aromatic rings. The summed E-state index contributed by atoms with van der Waals surface area (Å²) in [6.45, 7) is 1.87. The van der Waals surface area contributed by atoms with Crippen molar-refractivity contribution in [1.82, 2.24) is 0 Å². The fraction of sp³-hybridized carbons (Fsp3) is 0.818. The lowest BCUT2D eigenvalue weighted by Gasteiger charge is -2.17. The molecular weight excluding hydrogens is 164 g/mol. The molecule has 2 fully saturated rings. The number of hydrogen-bond acceptors (Lipinski definition) is 2. The highest BCUT2D eigenvalue weighted by Crippen LogP contribution is 2.41. The van der Waals surface area contributed by atoms with Crippen molar-refractivity contribution in [3.63, 3.8) is 0 Å². The van der Waals surface area contributed by atoms with Gasteiger partial charge in [0.05, 0.1) is 12.2 Å². The fourth-order valence-corrected chi connectivity index (χ4v) is 2.22. The molecule has 0 amide bonds. The molecule has 0 radical (unpaired) electrons. The van der Waals surface area contributed by atoms with E-state index in [1.807, 2.05) is 12.9 Å². The van der Waals surface area contributed by atoms with Crippen LogP contribution in [0.15, 0.2) is 5.57 Å². The summed E-state index contributed by atoms with van der Waals surface area (Å²) in [6, 6.07) is 0. The van der Waals surface area contributed by atoms with Gasteiger partial charge in [0.2, 0.25) is 0 Å². The van der Waals surface area contributed by atoms with Gasteiger partial charge in [-0.1, -0.05) is 0 Å². The minimum Gasteiger partial charge on any atom is -0.370 e. The Bertz CT molecular complexity index is 240. The molecular formula is C11H16O2. The first kappa shape index (κ1) is 8.98. The predicted molar refractivity (Wildman–Crippen MR) is 50.1 cm³/mol. The third kappa shape index (κ3) is 2.20. The standard InChI is InChI=1S/C11H16O2/c1-8(7-12)2-3-9-4-5-10-11(6-9)13-10/h9-11H,2-6H2,1H3. The van der Waals surface area contributed by atoms with Crippen molar-refractivity contribution in [2.24, 2.45) is 5.92 Å².